The number of halogens is 2. The highest BCUT2D eigenvalue weighted by Crippen LogP contribution is 2.25. The Morgan fingerprint density at radius 2 is 1.95 bits per heavy atom. The molecule has 1 unspecified atom stereocenters. The Kier molecular flexibility index (Phi) is 6.49. The second-order valence-electron chi connectivity index (χ2n) is 4.94. The van der Waals surface area contributed by atoms with Crippen molar-refractivity contribution in [1.29, 1.82) is 0 Å². The molecule has 110 valence electrons. The first kappa shape index (κ1) is 17.0. The predicted molar refractivity (Wildman–Crippen MR) is 83.9 cm³/mol. The van der Waals surface area contributed by atoms with Gasteiger partial charge in [0.15, 0.2) is 0 Å². The summed E-state index contributed by atoms with van der Waals surface area (Å²) < 4.78 is 0.642. The third-order valence-electron chi connectivity index (χ3n) is 2.62. The maximum atomic E-state index is 12.1. The standard InChI is InChI=1S/C14H18BrClN2O2/c1-8(2)7-17-13(19)9(3)18-14(20)10-5-4-6-11(15)12(10)16/h4-6,8-9H,7H2,1-3H3,(H,17,19)(H,18,20). The van der Waals surface area contributed by atoms with Gasteiger partial charge in [-0.3, -0.25) is 9.59 Å². The van der Waals surface area contributed by atoms with Gasteiger partial charge >= 0.3 is 0 Å². The van der Waals surface area contributed by atoms with Crippen LogP contribution < -0.4 is 10.6 Å². The van der Waals surface area contributed by atoms with Crippen LogP contribution in [0.3, 0.4) is 0 Å². The molecule has 2 N–H and O–H groups in total. The van der Waals surface area contributed by atoms with Crippen molar-refractivity contribution in [3.63, 3.8) is 0 Å². The topological polar surface area (TPSA) is 58.2 Å². The summed E-state index contributed by atoms with van der Waals surface area (Å²) in [6.45, 7) is 6.23. The van der Waals surface area contributed by atoms with Crippen LogP contribution in [0, 0.1) is 5.92 Å². The van der Waals surface area contributed by atoms with Gasteiger partial charge in [-0.05, 0) is 40.9 Å². The van der Waals surface area contributed by atoms with Gasteiger partial charge in [0.25, 0.3) is 5.91 Å². The minimum atomic E-state index is -0.615. The predicted octanol–water partition coefficient (Wildman–Crippen LogP) is 2.99. The van der Waals surface area contributed by atoms with Gasteiger partial charge in [-0.2, -0.15) is 0 Å². The molecule has 1 aromatic carbocycles. The molecule has 0 aliphatic rings. The van der Waals surface area contributed by atoms with E-state index >= 15 is 0 Å². The SMILES string of the molecule is CC(C)CNC(=O)C(C)NC(=O)c1cccc(Br)c1Cl. The van der Waals surface area contributed by atoms with Crippen LogP contribution >= 0.6 is 27.5 Å². The number of rotatable bonds is 5. The van der Waals surface area contributed by atoms with E-state index < -0.39 is 6.04 Å². The molecular formula is C14H18BrClN2O2. The quantitative estimate of drug-likeness (QED) is 0.847. The number of benzene rings is 1. The fourth-order valence-electron chi connectivity index (χ4n) is 1.48. The lowest BCUT2D eigenvalue weighted by molar-refractivity contribution is -0.122. The highest BCUT2D eigenvalue weighted by Gasteiger charge is 2.18. The minimum absolute atomic E-state index is 0.210. The fourth-order valence-corrected chi connectivity index (χ4v) is 2.05. The van der Waals surface area contributed by atoms with Crippen LogP contribution in [0.15, 0.2) is 22.7 Å². The van der Waals surface area contributed by atoms with E-state index in [1.54, 1.807) is 25.1 Å². The smallest absolute Gasteiger partial charge is 0.253 e. The average Bonchev–Trinajstić information content (AvgIpc) is 2.38. The summed E-state index contributed by atoms with van der Waals surface area (Å²) in [4.78, 5) is 23.9. The summed E-state index contributed by atoms with van der Waals surface area (Å²) in [6.07, 6.45) is 0. The van der Waals surface area contributed by atoms with Crippen LogP contribution in [0.2, 0.25) is 5.02 Å². The zero-order valence-corrected chi connectivity index (χ0v) is 14.0. The Hall–Kier alpha value is -1.07. The van der Waals surface area contributed by atoms with Crippen LogP contribution in [-0.4, -0.2) is 24.4 Å². The van der Waals surface area contributed by atoms with E-state index in [2.05, 4.69) is 26.6 Å². The van der Waals surface area contributed by atoms with E-state index in [0.29, 0.717) is 27.5 Å². The van der Waals surface area contributed by atoms with E-state index in [-0.39, 0.29) is 11.8 Å². The van der Waals surface area contributed by atoms with Crippen LogP contribution in [0.1, 0.15) is 31.1 Å². The Morgan fingerprint density at radius 3 is 2.55 bits per heavy atom. The van der Waals surface area contributed by atoms with Crippen molar-refractivity contribution in [2.45, 2.75) is 26.8 Å². The molecular weight excluding hydrogens is 344 g/mol. The molecule has 0 aliphatic carbocycles. The third-order valence-corrected chi connectivity index (χ3v) is 3.92. The number of amides is 2. The fraction of sp³-hybridized carbons (Fsp3) is 0.429. The van der Waals surface area contributed by atoms with Gasteiger partial charge in [0.2, 0.25) is 5.91 Å². The summed E-state index contributed by atoms with van der Waals surface area (Å²) in [5.41, 5.74) is 0.338. The van der Waals surface area contributed by atoms with Crippen molar-refractivity contribution in [2.24, 2.45) is 5.92 Å². The van der Waals surface area contributed by atoms with Crippen molar-refractivity contribution in [2.75, 3.05) is 6.54 Å². The van der Waals surface area contributed by atoms with Gasteiger partial charge < -0.3 is 10.6 Å². The number of carbonyl (C=O) groups is 2. The highest BCUT2D eigenvalue weighted by molar-refractivity contribution is 9.10. The van der Waals surface area contributed by atoms with Gasteiger partial charge in [0.1, 0.15) is 6.04 Å². The molecule has 1 atom stereocenters. The van der Waals surface area contributed by atoms with Crippen molar-refractivity contribution in [3.05, 3.63) is 33.3 Å². The summed E-state index contributed by atoms with van der Waals surface area (Å²) >= 11 is 9.30. The summed E-state index contributed by atoms with van der Waals surface area (Å²) in [5.74, 6) is -0.219. The lowest BCUT2D eigenvalue weighted by Gasteiger charge is -2.15. The van der Waals surface area contributed by atoms with Crippen LogP contribution in [-0.2, 0) is 4.79 Å². The molecule has 2 amide bonds. The van der Waals surface area contributed by atoms with Crippen LogP contribution in [0.5, 0.6) is 0 Å². The van der Waals surface area contributed by atoms with E-state index in [4.69, 9.17) is 11.6 Å². The van der Waals surface area contributed by atoms with Crippen molar-refractivity contribution in [3.8, 4) is 0 Å². The molecule has 1 aromatic rings. The second-order valence-corrected chi connectivity index (χ2v) is 6.17. The Balaban J connectivity index is 2.66. The first-order chi connectivity index (χ1) is 9.32. The maximum Gasteiger partial charge on any atom is 0.253 e. The van der Waals surface area contributed by atoms with Gasteiger partial charge in [-0.1, -0.05) is 31.5 Å². The van der Waals surface area contributed by atoms with Gasteiger partial charge in [-0.15, -0.1) is 0 Å². The third kappa shape index (κ3) is 4.80. The minimum Gasteiger partial charge on any atom is -0.354 e. The van der Waals surface area contributed by atoms with E-state index in [1.807, 2.05) is 13.8 Å². The molecule has 0 saturated carbocycles. The number of hydrogen-bond acceptors (Lipinski definition) is 2. The molecule has 0 saturated heterocycles. The molecule has 0 fully saturated rings. The first-order valence-electron chi connectivity index (χ1n) is 6.35. The van der Waals surface area contributed by atoms with Crippen molar-refractivity contribution in [1.82, 2.24) is 10.6 Å². The molecule has 20 heavy (non-hydrogen) atoms. The number of hydrogen-bond donors (Lipinski definition) is 2. The van der Waals surface area contributed by atoms with Gasteiger partial charge in [-0.25, -0.2) is 0 Å². The summed E-state index contributed by atoms with van der Waals surface area (Å²) in [7, 11) is 0. The Morgan fingerprint density at radius 1 is 1.30 bits per heavy atom. The molecule has 4 nitrogen and oxygen atoms in total. The van der Waals surface area contributed by atoms with Crippen molar-refractivity contribution >= 4 is 39.3 Å². The Labute approximate surface area is 132 Å². The number of carbonyl (C=O) groups excluding carboxylic acids is 2. The molecule has 0 spiro atoms. The van der Waals surface area contributed by atoms with Crippen LogP contribution in [0.25, 0.3) is 0 Å². The van der Waals surface area contributed by atoms with E-state index in [9.17, 15) is 9.59 Å². The van der Waals surface area contributed by atoms with Gasteiger partial charge in [0.05, 0.1) is 10.6 Å². The molecule has 0 bridgehead atoms. The maximum absolute atomic E-state index is 12.1. The zero-order valence-electron chi connectivity index (χ0n) is 11.7. The molecule has 1 rings (SSSR count). The Bertz CT molecular complexity index is 506. The first-order valence-corrected chi connectivity index (χ1v) is 7.52. The molecule has 0 aliphatic heterocycles. The summed E-state index contributed by atoms with van der Waals surface area (Å²) in [6, 6.07) is 4.46. The van der Waals surface area contributed by atoms with Crippen LogP contribution in [0.4, 0.5) is 0 Å². The molecule has 0 heterocycles. The van der Waals surface area contributed by atoms with Gasteiger partial charge in [0, 0.05) is 11.0 Å². The highest BCUT2D eigenvalue weighted by atomic mass is 79.9. The zero-order chi connectivity index (χ0) is 15.3. The lowest BCUT2D eigenvalue weighted by atomic mass is 10.2. The normalized spacial score (nSPS) is 12.1. The molecule has 0 radical (unpaired) electrons. The van der Waals surface area contributed by atoms with E-state index in [0.717, 1.165) is 0 Å². The summed E-state index contributed by atoms with van der Waals surface area (Å²) in [5, 5.41) is 5.73. The average molecular weight is 362 g/mol. The second kappa shape index (κ2) is 7.64. The number of nitrogens with one attached hydrogen (secondary N) is 2. The lowest BCUT2D eigenvalue weighted by Crippen LogP contribution is -2.45. The monoisotopic (exact) mass is 360 g/mol. The molecule has 0 aromatic heterocycles. The molecule has 6 heteroatoms. The largest absolute Gasteiger partial charge is 0.354 e. The van der Waals surface area contributed by atoms with E-state index in [1.165, 1.54) is 0 Å². The van der Waals surface area contributed by atoms with Crippen molar-refractivity contribution < 1.29 is 9.59 Å².